The molecule has 0 aliphatic rings. The summed E-state index contributed by atoms with van der Waals surface area (Å²) in [7, 11) is 0. The summed E-state index contributed by atoms with van der Waals surface area (Å²) in [5.41, 5.74) is 10.6. The molecule has 0 fully saturated rings. The van der Waals surface area contributed by atoms with Gasteiger partial charge in [-0.2, -0.15) is 0 Å². The van der Waals surface area contributed by atoms with Gasteiger partial charge >= 0.3 is 0 Å². The van der Waals surface area contributed by atoms with E-state index in [0.29, 0.717) is 6.54 Å². The quantitative estimate of drug-likeness (QED) is 0.503. The predicted octanol–water partition coefficient (Wildman–Crippen LogP) is -0.257. The molecule has 43 valence electrons. The van der Waals surface area contributed by atoms with Crippen LogP contribution in [-0.2, 0) is 0 Å². The maximum absolute atomic E-state index is 5.40. The summed E-state index contributed by atoms with van der Waals surface area (Å²) in [6, 6.07) is 0.130. The minimum absolute atomic E-state index is 0.130. The van der Waals surface area contributed by atoms with Gasteiger partial charge in [0.15, 0.2) is 0 Å². The fourth-order valence-electron chi connectivity index (χ4n) is 0.215. The van der Waals surface area contributed by atoms with Crippen LogP contribution in [0.25, 0.3) is 0 Å². The van der Waals surface area contributed by atoms with Crippen molar-refractivity contribution in [3.8, 4) is 0 Å². The molecular weight excluding hydrogens is 88.1 g/mol. The number of rotatable bonds is 2. The van der Waals surface area contributed by atoms with Gasteiger partial charge in [0.1, 0.15) is 0 Å². The second-order valence-corrected chi connectivity index (χ2v) is 1.85. The van der Waals surface area contributed by atoms with E-state index in [1.54, 1.807) is 0 Å². The Labute approximate surface area is 44.9 Å². The van der Waals surface area contributed by atoms with Crippen LogP contribution in [0.2, 0.25) is 0 Å². The van der Waals surface area contributed by atoms with Crippen molar-refractivity contribution in [1.82, 2.24) is 0 Å². The lowest BCUT2D eigenvalue weighted by Crippen LogP contribution is -2.30. The molecule has 2 heteroatoms. The molecule has 0 bridgehead atoms. The molecule has 0 aliphatic carbocycles. The average Bonchev–Trinajstić information content (AvgIpc) is 1.65. The van der Waals surface area contributed by atoms with Crippen LogP contribution >= 0.6 is 0 Å². The molecule has 0 saturated carbocycles. The second-order valence-electron chi connectivity index (χ2n) is 1.85. The maximum atomic E-state index is 5.40. The minimum Gasteiger partial charge on any atom is -0.330 e. The molecule has 0 amide bonds. The van der Waals surface area contributed by atoms with Crippen molar-refractivity contribution in [3.05, 3.63) is 6.92 Å². The zero-order chi connectivity index (χ0) is 5.86. The van der Waals surface area contributed by atoms with Gasteiger partial charge in [0, 0.05) is 6.04 Å². The molecule has 0 aromatic rings. The summed E-state index contributed by atoms with van der Waals surface area (Å²) in [6.07, 6.45) is 0. The SMILES string of the molecule is [CH2]C(CN)C(C)N. The van der Waals surface area contributed by atoms with Crippen LogP contribution in [0.5, 0.6) is 0 Å². The average molecular weight is 101 g/mol. The van der Waals surface area contributed by atoms with Gasteiger partial charge < -0.3 is 11.5 Å². The van der Waals surface area contributed by atoms with E-state index in [1.165, 1.54) is 0 Å². The highest BCUT2D eigenvalue weighted by Gasteiger charge is 2.02. The highest BCUT2D eigenvalue weighted by molar-refractivity contribution is 4.70. The third-order valence-electron chi connectivity index (χ3n) is 1.05. The summed E-state index contributed by atoms with van der Waals surface area (Å²) in [5.74, 6) is 0.208. The number of nitrogens with two attached hydrogens (primary N) is 2. The van der Waals surface area contributed by atoms with E-state index in [1.807, 2.05) is 6.92 Å². The van der Waals surface area contributed by atoms with E-state index < -0.39 is 0 Å². The summed E-state index contributed by atoms with van der Waals surface area (Å²) in [4.78, 5) is 0. The molecule has 0 aromatic heterocycles. The lowest BCUT2D eigenvalue weighted by atomic mass is 10.1. The van der Waals surface area contributed by atoms with E-state index >= 15 is 0 Å². The molecular formula is C5H13N2. The van der Waals surface area contributed by atoms with Crippen LogP contribution in [0.15, 0.2) is 0 Å². The Morgan fingerprint density at radius 3 is 2.14 bits per heavy atom. The molecule has 0 saturated heterocycles. The highest BCUT2D eigenvalue weighted by Crippen LogP contribution is 1.92. The van der Waals surface area contributed by atoms with Crippen molar-refractivity contribution in [2.45, 2.75) is 13.0 Å². The van der Waals surface area contributed by atoms with Crippen LogP contribution in [0.3, 0.4) is 0 Å². The van der Waals surface area contributed by atoms with Gasteiger partial charge in [-0.3, -0.25) is 0 Å². The summed E-state index contributed by atoms with van der Waals surface area (Å²) in [5, 5.41) is 0. The van der Waals surface area contributed by atoms with Crippen molar-refractivity contribution in [3.63, 3.8) is 0 Å². The fraction of sp³-hybridized carbons (Fsp3) is 0.800. The topological polar surface area (TPSA) is 52.0 Å². The second kappa shape index (κ2) is 2.99. The maximum Gasteiger partial charge on any atom is 0.00508 e. The Morgan fingerprint density at radius 1 is 1.71 bits per heavy atom. The number of hydrogen-bond acceptors (Lipinski definition) is 2. The van der Waals surface area contributed by atoms with Crippen LogP contribution in [0, 0.1) is 12.8 Å². The molecule has 0 heterocycles. The normalized spacial score (nSPS) is 18.9. The van der Waals surface area contributed by atoms with E-state index in [-0.39, 0.29) is 12.0 Å². The fourth-order valence-corrected chi connectivity index (χ4v) is 0.215. The van der Waals surface area contributed by atoms with Gasteiger partial charge in [0.25, 0.3) is 0 Å². The first-order valence-corrected chi connectivity index (χ1v) is 2.47. The zero-order valence-corrected chi connectivity index (χ0v) is 4.72. The van der Waals surface area contributed by atoms with Crippen LogP contribution in [0.1, 0.15) is 6.92 Å². The molecule has 0 aromatic carbocycles. The molecule has 0 aliphatic heterocycles. The van der Waals surface area contributed by atoms with Gasteiger partial charge in [-0.1, -0.05) is 0 Å². The Bertz CT molecular complexity index is 43.3. The monoisotopic (exact) mass is 101 g/mol. The first-order chi connectivity index (χ1) is 3.18. The van der Waals surface area contributed by atoms with E-state index in [4.69, 9.17) is 11.5 Å². The Hall–Kier alpha value is -0.0800. The molecule has 2 unspecified atom stereocenters. The first kappa shape index (κ1) is 6.92. The molecule has 2 nitrogen and oxygen atoms in total. The summed E-state index contributed by atoms with van der Waals surface area (Å²) >= 11 is 0. The molecule has 7 heavy (non-hydrogen) atoms. The lowest BCUT2D eigenvalue weighted by Gasteiger charge is -2.10. The largest absolute Gasteiger partial charge is 0.330 e. The lowest BCUT2D eigenvalue weighted by molar-refractivity contribution is 0.542. The smallest absolute Gasteiger partial charge is 0.00508 e. The van der Waals surface area contributed by atoms with E-state index in [0.717, 1.165) is 0 Å². The Balaban J connectivity index is 3.14. The number of hydrogen-bond donors (Lipinski definition) is 2. The Morgan fingerprint density at radius 2 is 2.14 bits per heavy atom. The van der Waals surface area contributed by atoms with Gasteiger partial charge in [-0.25, -0.2) is 0 Å². The highest BCUT2D eigenvalue weighted by atomic mass is 14.7. The molecule has 4 N–H and O–H groups in total. The zero-order valence-electron chi connectivity index (χ0n) is 4.72. The van der Waals surface area contributed by atoms with Crippen LogP contribution in [-0.4, -0.2) is 12.6 Å². The van der Waals surface area contributed by atoms with Crippen LogP contribution in [0.4, 0.5) is 0 Å². The predicted molar refractivity (Wildman–Crippen MR) is 31.6 cm³/mol. The van der Waals surface area contributed by atoms with Crippen molar-refractivity contribution in [2.75, 3.05) is 6.54 Å². The summed E-state index contributed by atoms with van der Waals surface area (Å²) < 4.78 is 0. The van der Waals surface area contributed by atoms with Crippen molar-refractivity contribution in [1.29, 1.82) is 0 Å². The van der Waals surface area contributed by atoms with Crippen molar-refractivity contribution in [2.24, 2.45) is 17.4 Å². The van der Waals surface area contributed by atoms with Crippen molar-refractivity contribution < 1.29 is 0 Å². The third kappa shape index (κ3) is 2.60. The molecule has 0 rings (SSSR count). The van der Waals surface area contributed by atoms with E-state index in [9.17, 15) is 0 Å². The van der Waals surface area contributed by atoms with Crippen LogP contribution < -0.4 is 11.5 Å². The summed E-state index contributed by atoms with van der Waals surface area (Å²) in [6.45, 7) is 6.19. The molecule has 0 spiro atoms. The molecule has 2 atom stereocenters. The van der Waals surface area contributed by atoms with Gasteiger partial charge in [0.2, 0.25) is 0 Å². The standard InChI is InChI=1S/C5H13N2/c1-4(3-6)5(2)7/h4-5H,1,3,6-7H2,2H3. The molecule has 1 radical (unpaired) electrons. The van der Waals surface area contributed by atoms with E-state index in [2.05, 4.69) is 6.92 Å². The van der Waals surface area contributed by atoms with Gasteiger partial charge in [0.05, 0.1) is 0 Å². The third-order valence-corrected chi connectivity index (χ3v) is 1.05. The Kier molecular flexibility index (Phi) is 2.96. The first-order valence-electron chi connectivity index (χ1n) is 2.47. The van der Waals surface area contributed by atoms with Gasteiger partial charge in [-0.15, -0.1) is 0 Å². The van der Waals surface area contributed by atoms with Gasteiger partial charge in [-0.05, 0) is 26.3 Å². The van der Waals surface area contributed by atoms with Crippen molar-refractivity contribution >= 4 is 0 Å². The minimum atomic E-state index is 0.130.